The zero-order valence-electron chi connectivity index (χ0n) is 11.0. The van der Waals surface area contributed by atoms with E-state index in [1.807, 2.05) is 13.0 Å². The molecular weight excluding hydrogens is 216 g/mol. The molecule has 0 aromatic carbocycles. The van der Waals surface area contributed by atoms with Crippen molar-refractivity contribution in [3.63, 3.8) is 0 Å². The fourth-order valence-corrected chi connectivity index (χ4v) is 2.20. The van der Waals surface area contributed by atoms with Crippen LogP contribution >= 0.6 is 0 Å². The predicted octanol–water partition coefficient (Wildman–Crippen LogP) is 1.73. The molecule has 0 aromatic rings. The Morgan fingerprint density at radius 2 is 2.24 bits per heavy atom. The first-order valence-electron chi connectivity index (χ1n) is 6.01. The van der Waals surface area contributed by atoms with E-state index >= 15 is 0 Å². The number of nitriles is 1. The van der Waals surface area contributed by atoms with Gasteiger partial charge in [0, 0.05) is 12.6 Å². The fraction of sp³-hybridized carbons (Fsp3) is 0.692. The van der Waals surface area contributed by atoms with Crippen LogP contribution in [-0.4, -0.2) is 37.1 Å². The largest absolute Gasteiger partial charge is 0.462 e. The summed E-state index contributed by atoms with van der Waals surface area (Å²) in [6, 6.07) is 2.37. The van der Waals surface area contributed by atoms with Gasteiger partial charge in [0.25, 0.3) is 0 Å². The van der Waals surface area contributed by atoms with Gasteiger partial charge >= 0.3 is 5.97 Å². The van der Waals surface area contributed by atoms with Crippen molar-refractivity contribution in [3.8, 4) is 6.07 Å². The van der Waals surface area contributed by atoms with Crippen molar-refractivity contribution >= 4 is 5.97 Å². The smallest absolute Gasteiger partial charge is 0.348 e. The molecule has 4 nitrogen and oxygen atoms in total. The van der Waals surface area contributed by atoms with Gasteiger partial charge < -0.3 is 9.64 Å². The Kier molecular flexibility index (Phi) is 4.71. The summed E-state index contributed by atoms with van der Waals surface area (Å²) in [5.74, 6) is -0.246. The molecule has 0 amide bonds. The standard InChI is InChI=1S/C13H20N2O2/c1-5-17-13(16)12(7-14)11-6-10(3)15(4)8-9(11)2/h9-10H,5-6,8H2,1-4H3/t9-,10+/m0/s1. The number of rotatable bonds is 2. The molecule has 17 heavy (non-hydrogen) atoms. The van der Waals surface area contributed by atoms with Crippen LogP contribution in [0.2, 0.25) is 0 Å². The molecule has 1 fully saturated rings. The van der Waals surface area contributed by atoms with Gasteiger partial charge in [-0.05, 0) is 38.8 Å². The fourth-order valence-electron chi connectivity index (χ4n) is 2.20. The van der Waals surface area contributed by atoms with Gasteiger partial charge in [-0.2, -0.15) is 5.26 Å². The lowest BCUT2D eigenvalue weighted by Gasteiger charge is -2.36. The van der Waals surface area contributed by atoms with Gasteiger partial charge in [-0.25, -0.2) is 4.79 Å². The summed E-state index contributed by atoms with van der Waals surface area (Å²) in [4.78, 5) is 13.9. The third-order valence-electron chi connectivity index (χ3n) is 3.34. The maximum absolute atomic E-state index is 11.7. The van der Waals surface area contributed by atoms with E-state index in [1.165, 1.54) is 0 Å². The minimum atomic E-state index is -0.478. The lowest BCUT2D eigenvalue weighted by molar-refractivity contribution is -0.138. The maximum atomic E-state index is 11.7. The Morgan fingerprint density at radius 3 is 2.76 bits per heavy atom. The van der Waals surface area contributed by atoms with E-state index in [2.05, 4.69) is 18.9 Å². The summed E-state index contributed by atoms with van der Waals surface area (Å²) < 4.78 is 4.93. The monoisotopic (exact) mass is 236 g/mol. The minimum Gasteiger partial charge on any atom is -0.462 e. The third kappa shape index (κ3) is 3.07. The quantitative estimate of drug-likeness (QED) is 0.416. The predicted molar refractivity (Wildman–Crippen MR) is 65.1 cm³/mol. The molecule has 0 spiro atoms. The van der Waals surface area contributed by atoms with E-state index in [0.29, 0.717) is 12.6 Å². The normalized spacial score (nSPS) is 28.4. The van der Waals surface area contributed by atoms with Gasteiger partial charge in [0.2, 0.25) is 0 Å². The Bertz CT molecular complexity index is 368. The average molecular weight is 236 g/mol. The van der Waals surface area contributed by atoms with Crippen LogP contribution in [0.1, 0.15) is 27.2 Å². The molecule has 0 bridgehead atoms. The maximum Gasteiger partial charge on any atom is 0.348 e. The molecule has 0 N–H and O–H groups in total. The van der Waals surface area contributed by atoms with Crippen LogP contribution in [-0.2, 0) is 9.53 Å². The van der Waals surface area contributed by atoms with Gasteiger partial charge in [-0.15, -0.1) is 0 Å². The molecule has 0 aliphatic carbocycles. The van der Waals surface area contributed by atoms with E-state index in [-0.39, 0.29) is 11.5 Å². The van der Waals surface area contributed by atoms with Crippen molar-refractivity contribution < 1.29 is 9.53 Å². The molecule has 1 saturated heterocycles. The number of nitrogens with zero attached hydrogens (tertiary/aromatic N) is 2. The van der Waals surface area contributed by atoms with Crippen LogP contribution in [0.15, 0.2) is 11.1 Å². The zero-order chi connectivity index (χ0) is 13.0. The van der Waals surface area contributed by atoms with Crippen LogP contribution in [0.4, 0.5) is 0 Å². The number of hydrogen-bond acceptors (Lipinski definition) is 4. The van der Waals surface area contributed by atoms with Crippen LogP contribution in [0, 0.1) is 17.2 Å². The summed E-state index contributed by atoms with van der Waals surface area (Å²) in [6.07, 6.45) is 0.763. The van der Waals surface area contributed by atoms with Crippen molar-refractivity contribution in [2.24, 2.45) is 5.92 Å². The van der Waals surface area contributed by atoms with Crippen molar-refractivity contribution in [1.82, 2.24) is 4.90 Å². The highest BCUT2D eigenvalue weighted by molar-refractivity contribution is 5.93. The zero-order valence-corrected chi connectivity index (χ0v) is 11.0. The number of likely N-dealkylation sites (tertiary alicyclic amines) is 1. The van der Waals surface area contributed by atoms with E-state index < -0.39 is 5.97 Å². The van der Waals surface area contributed by atoms with Crippen molar-refractivity contribution in [1.29, 1.82) is 5.26 Å². The molecular formula is C13H20N2O2. The van der Waals surface area contributed by atoms with Crippen LogP contribution in [0.5, 0.6) is 0 Å². The molecule has 1 heterocycles. The Hall–Kier alpha value is -1.34. The number of carbonyl (C=O) groups is 1. The summed E-state index contributed by atoms with van der Waals surface area (Å²) in [5.41, 5.74) is 1.15. The van der Waals surface area contributed by atoms with Crippen molar-refractivity contribution in [2.45, 2.75) is 33.2 Å². The molecule has 0 saturated carbocycles. The Labute approximate surface area is 103 Å². The molecule has 0 aromatic heterocycles. The first-order valence-corrected chi connectivity index (χ1v) is 6.01. The van der Waals surface area contributed by atoms with Crippen LogP contribution in [0.3, 0.4) is 0 Å². The third-order valence-corrected chi connectivity index (χ3v) is 3.34. The lowest BCUT2D eigenvalue weighted by atomic mass is 9.86. The number of hydrogen-bond donors (Lipinski definition) is 0. The second-order valence-electron chi connectivity index (χ2n) is 4.63. The highest BCUT2D eigenvalue weighted by atomic mass is 16.5. The second-order valence-corrected chi connectivity index (χ2v) is 4.63. The molecule has 2 atom stereocenters. The Balaban J connectivity index is 3.00. The van der Waals surface area contributed by atoms with E-state index in [9.17, 15) is 4.79 Å². The highest BCUT2D eigenvalue weighted by Gasteiger charge is 2.29. The Morgan fingerprint density at radius 1 is 1.59 bits per heavy atom. The van der Waals surface area contributed by atoms with Crippen molar-refractivity contribution in [2.75, 3.05) is 20.2 Å². The molecule has 0 unspecified atom stereocenters. The van der Waals surface area contributed by atoms with Gasteiger partial charge in [-0.3, -0.25) is 0 Å². The minimum absolute atomic E-state index is 0.208. The molecule has 1 rings (SSSR count). The van der Waals surface area contributed by atoms with Gasteiger partial charge in [0.15, 0.2) is 0 Å². The molecule has 94 valence electrons. The SMILES string of the molecule is CCOC(=O)C(C#N)=C1C[C@@H](C)N(C)C[C@@H]1C. The first-order chi connectivity index (χ1) is 8.01. The molecule has 1 aliphatic rings. The van der Waals surface area contributed by atoms with E-state index in [0.717, 1.165) is 18.5 Å². The summed E-state index contributed by atoms with van der Waals surface area (Å²) in [6.45, 7) is 7.08. The number of ether oxygens (including phenoxy) is 1. The van der Waals surface area contributed by atoms with Gasteiger partial charge in [0.1, 0.15) is 11.6 Å². The number of piperidine rings is 1. The highest BCUT2D eigenvalue weighted by Crippen LogP contribution is 2.28. The van der Waals surface area contributed by atoms with Crippen LogP contribution < -0.4 is 0 Å². The van der Waals surface area contributed by atoms with E-state index in [4.69, 9.17) is 10.00 Å². The number of esters is 1. The second kappa shape index (κ2) is 5.83. The molecule has 4 heteroatoms. The van der Waals surface area contributed by atoms with Gasteiger partial charge in [0.05, 0.1) is 6.61 Å². The summed E-state index contributed by atoms with van der Waals surface area (Å²) in [7, 11) is 2.06. The van der Waals surface area contributed by atoms with Crippen LogP contribution in [0.25, 0.3) is 0 Å². The molecule has 0 radical (unpaired) electrons. The first kappa shape index (κ1) is 13.7. The van der Waals surface area contributed by atoms with E-state index in [1.54, 1.807) is 6.92 Å². The van der Waals surface area contributed by atoms with Crippen molar-refractivity contribution in [3.05, 3.63) is 11.1 Å². The van der Waals surface area contributed by atoms with Gasteiger partial charge in [-0.1, -0.05) is 6.92 Å². The lowest BCUT2D eigenvalue weighted by Crippen LogP contribution is -2.40. The average Bonchev–Trinajstić information content (AvgIpc) is 2.26. The molecule has 1 aliphatic heterocycles. The number of carbonyl (C=O) groups excluding carboxylic acids is 1. The summed E-state index contributed by atoms with van der Waals surface area (Å²) in [5, 5.41) is 9.12. The topological polar surface area (TPSA) is 53.3 Å². The summed E-state index contributed by atoms with van der Waals surface area (Å²) >= 11 is 0.